The SMILES string of the molecule is Cc1onc(-c2ccccc2)c1COc1ccc(C(=O)NC[C@@H](C)O)cn1. The second kappa shape index (κ2) is 8.46. The lowest BCUT2D eigenvalue weighted by Gasteiger charge is -2.08. The van der Waals surface area contributed by atoms with Crippen LogP contribution in [0.15, 0.2) is 53.2 Å². The fourth-order valence-corrected chi connectivity index (χ4v) is 2.47. The molecule has 3 rings (SSSR count). The van der Waals surface area contributed by atoms with Crippen LogP contribution < -0.4 is 10.1 Å². The Morgan fingerprint density at radius 3 is 2.70 bits per heavy atom. The van der Waals surface area contributed by atoms with Crippen molar-refractivity contribution in [1.29, 1.82) is 0 Å². The maximum absolute atomic E-state index is 11.9. The van der Waals surface area contributed by atoms with Crippen LogP contribution in [0.3, 0.4) is 0 Å². The summed E-state index contributed by atoms with van der Waals surface area (Å²) in [5.74, 6) is 0.779. The van der Waals surface area contributed by atoms with Gasteiger partial charge in [-0.1, -0.05) is 35.5 Å². The van der Waals surface area contributed by atoms with E-state index in [0.717, 1.165) is 16.8 Å². The number of carbonyl (C=O) groups excluding carboxylic acids is 1. The van der Waals surface area contributed by atoms with Crippen molar-refractivity contribution in [1.82, 2.24) is 15.5 Å². The lowest BCUT2D eigenvalue weighted by Crippen LogP contribution is -2.30. The summed E-state index contributed by atoms with van der Waals surface area (Å²) in [7, 11) is 0. The molecule has 27 heavy (non-hydrogen) atoms. The Balaban J connectivity index is 1.66. The summed E-state index contributed by atoms with van der Waals surface area (Å²) in [6, 6.07) is 13.0. The molecule has 0 aliphatic heterocycles. The van der Waals surface area contributed by atoms with E-state index in [0.29, 0.717) is 17.2 Å². The van der Waals surface area contributed by atoms with E-state index in [9.17, 15) is 9.90 Å². The van der Waals surface area contributed by atoms with Crippen LogP contribution in [0.4, 0.5) is 0 Å². The van der Waals surface area contributed by atoms with Gasteiger partial charge in [0.2, 0.25) is 5.88 Å². The van der Waals surface area contributed by atoms with Crippen molar-refractivity contribution in [3.05, 3.63) is 65.5 Å². The predicted octanol–water partition coefficient (Wildman–Crippen LogP) is 2.73. The molecule has 2 aromatic heterocycles. The molecule has 0 fully saturated rings. The standard InChI is InChI=1S/C20H21N3O4/c1-13(24)10-22-20(25)16-8-9-18(21-11-16)26-12-17-14(2)27-23-19(17)15-6-4-3-5-7-15/h3-9,11,13,24H,10,12H2,1-2H3,(H,22,25)/t13-/m1/s1. The van der Waals surface area contributed by atoms with Gasteiger partial charge >= 0.3 is 0 Å². The smallest absolute Gasteiger partial charge is 0.252 e. The number of nitrogens with zero attached hydrogens (tertiary/aromatic N) is 2. The molecule has 2 N–H and O–H groups in total. The van der Waals surface area contributed by atoms with Gasteiger partial charge in [-0.2, -0.15) is 0 Å². The number of rotatable bonds is 7. The monoisotopic (exact) mass is 367 g/mol. The van der Waals surface area contributed by atoms with Crippen molar-refractivity contribution in [2.75, 3.05) is 6.54 Å². The molecule has 1 aromatic carbocycles. The number of nitrogens with one attached hydrogen (secondary N) is 1. The fourth-order valence-electron chi connectivity index (χ4n) is 2.47. The predicted molar refractivity (Wildman–Crippen MR) is 99.3 cm³/mol. The summed E-state index contributed by atoms with van der Waals surface area (Å²) in [5.41, 5.74) is 2.93. The maximum Gasteiger partial charge on any atom is 0.252 e. The van der Waals surface area contributed by atoms with Gasteiger partial charge in [0.25, 0.3) is 5.91 Å². The molecule has 7 nitrogen and oxygen atoms in total. The van der Waals surface area contributed by atoms with E-state index >= 15 is 0 Å². The second-order valence-electron chi connectivity index (χ2n) is 6.16. The Bertz CT molecular complexity index is 889. The molecule has 0 spiro atoms. The minimum absolute atomic E-state index is 0.187. The first-order chi connectivity index (χ1) is 13.0. The van der Waals surface area contributed by atoms with Gasteiger partial charge in [-0.15, -0.1) is 0 Å². The Morgan fingerprint density at radius 2 is 2.04 bits per heavy atom. The Labute approximate surface area is 157 Å². The van der Waals surface area contributed by atoms with Gasteiger partial charge in [0.05, 0.1) is 17.2 Å². The molecule has 140 valence electrons. The molecule has 3 aromatic rings. The lowest BCUT2D eigenvalue weighted by atomic mass is 10.1. The average Bonchev–Trinajstić information content (AvgIpc) is 3.06. The Hall–Kier alpha value is -3.19. The highest BCUT2D eigenvalue weighted by atomic mass is 16.5. The van der Waals surface area contributed by atoms with Crippen LogP contribution in [0.2, 0.25) is 0 Å². The van der Waals surface area contributed by atoms with Gasteiger partial charge in [-0.05, 0) is 19.9 Å². The maximum atomic E-state index is 11.9. The molecule has 0 saturated carbocycles. The molecule has 2 heterocycles. The van der Waals surface area contributed by atoms with Crippen LogP contribution >= 0.6 is 0 Å². The highest BCUT2D eigenvalue weighted by Crippen LogP contribution is 2.26. The van der Waals surface area contributed by atoms with Crippen molar-refractivity contribution >= 4 is 5.91 Å². The molecular weight excluding hydrogens is 346 g/mol. The summed E-state index contributed by atoms with van der Waals surface area (Å²) in [5, 5.41) is 16.0. The molecule has 1 amide bonds. The van der Waals surface area contributed by atoms with E-state index in [1.807, 2.05) is 37.3 Å². The fraction of sp³-hybridized carbons (Fsp3) is 0.250. The number of aryl methyl sites for hydroxylation is 1. The van der Waals surface area contributed by atoms with Gasteiger partial charge in [-0.3, -0.25) is 4.79 Å². The summed E-state index contributed by atoms with van der Waals surface area (Å²) >= 11 is 0. The second-order valence-corrected chi connectivity index (χ2v) is 6.16. The molecule has 0 radical (unpaired) electrons. The molecule has 0 unspecified atom stereocenters. The number of benzene rings is 1. The van der Waals surface area contributed by atoms with Crippen LogP contribution in [0, 0.1) is 6.92 Å². The van der Waals surface area contributed by atoms with E-state index in [-0.39, 0.29) is 19.1 Å². The number of aliphatic hydroxyl groups is 1. The first-order valence-corrected chi connectivity index (χ1v) is 8.60. The zero-order chi connectivity index (χ0) is 19.2. The van der Waals surface area contributed by atoms with Crippen molar-refractivity contribution in [3.63, 3.8) is 0 Å². The number of hydrogen-bond acceptors (Lipinski definition) is 6. The number of pyridine rings is 1. The molecular formula is C20H21N3O4. The first-order valence-electron chi connectivity index (χ1n) is 8.60. The zero-order valence-electron chi connectivity index (χ0n) is 15.2. The van der Waals surface area contributed by atoms with Crippen LogP contribution in [0.5, 0.6) is 5.88 Å². The van der Waals surface area contributed by atoms with E-state index < -0.39 is 6.10 Å². The third kappa shape index (κ3) is 4.71. The average molecular weight is 367 g/mol. The minimum Gasteiger partial charge on any atom is -0.473 e. The first kappa shape index (κ1) is 18.6. The zero-order valence-corrected chi connectivity index (χ0v) is 15.2. The molecule has 1 atom stereocenters. The largest absolute Gasteiger partial charge is 0.473 e. The molecule has 7 heteroatoms. The summed E-state index contributed by atoms with van der Waals surface area (Å²) < 4.78 is 11.1. The van der Waals surface area contributed by atoms with Gasteiger partial charge in [0, 0.05) is 24.4 Å². The van der Waals surface area contributed by atoms with Crippen LogP contribution in [0.1, 0.15) is 28.6 Å². The Kier molecular flexibility index (Phi) is 5.83. The third-order valence-corrected chi connectivity index (χ3v) is 3.95. The number of hydrogen-bond donors (Lipinski definition) is 2. The third-order valence-electron chi connectivity index (χ3n) is 3.95. The lowest BCUT2D eigenvalue weighted by molar-refractivity contribution is 0.0923. The summed E-state index contributed by atoms with van der Waals surface area (Å²) in [4.78, 5) is 16.1. The molecule has 0 saturated heterocycles. The van der Waals surface area contributed by atoms with Crippen LogP contribution in [-0.4, -0.2) is 33.8 Å². The molecule has 0 bridgehead atoms. The van der Waals surface area contributed by atoms with Crippen molar-refractivity contribution < 1.29 is 19.2 Å². The number of amides is 1. The van der Waals surface area contributed by atoms with Gasteiger partial charge in [0.1, 0.15) is 18.1 Å². The van der Waals surface area contributed by atoms with Crippen molar-refractivity contribution in [2.45, 2.75) is 26.6 Å². The van der Waals surface area contributed by atoms with Gasteiger partial charge in [0.15, 0.2) is 0 Å². The van der Waals surface area contributed by atoms with Gasteiger partial charge < -0.3 is 19.7 Å². The van der Waals surface area contributed by atoms with Crippen molar-refractivity contribution in [3.8, 4) is 17.1 Å². The minimum atomic E-state index is -0.602. The topological polar surface area (TPSA) is 97.5 Å². The van der Waals surface area contributed by atoms with E-state index in [1.54, 1.807) is 19.1 Å². The summed E-state index contributed by atoms with van der Waals surface area (Å²) in [6.07, 6.45) is 0.834. The number of carbonyl (C=O) groups is 1. The molecule has 0 aliphatic rings. The van der Waals surface area contributed by atoms with E-state index in [2.05, 4.69) is 15.5 Å². The summed E-state index contributed by atoms with van der Waals surface area (Å²) in [6.45, 7) is 3.87. The van der Waals surface area contributed by atoms with Gasteiger partial charge in [-0.25, -0.2) is 4.98 Å². The molecule has 0 aliphatic carbocycles. The highest BCUT2D eigenvalue weighted by Gasteiger charge is 2.15. The van der Waals surface area contributed by atoms with Crippen LogP contribution in [0.25, 0.3) is 11.3 Å². The van der Waals surface area contributed by atoms with E-state index in [1.165, 1.54) is 6.20 Å². The number of ether oxygens (including phenoxy) is 1. The highest BCUT2D eigenvalue weighted by molar-refractivity contribution is 5.93. The number of aliphatic hydroxyl groups excluding tert-OH is 1. The quantitative estimate of drug-likeness (QED) is 0.666. The number of aromatic nitrogens is 2. The van der Waals surface area contributed by atoms with Crippen LogP contribution in [-0.2, 0) is 6.61 Å². The normalized spacial score (nSPS) is 11.8. The van der Waals surface area contributed by atoms with Crippen molar-refractivity contribution in [2.24, 2.45) is 0 Å². The Morgan fingerprint density at radius 1 is 1.26 bits per heavy atom. The van der Waals surface area contributed by atoms with E-state index in [4.69, 9.17) is 9.26 Å².